The second-order valence-electron chi connectivity index (χ2n) is 8.57. The van der Waals surface area contributed by atoms with Crippen LogP contribution in [-0.2, 0) is 0 Å². The molecular formula is C25H30BrN3O. The molecule has 2 aromatic carbocycles. The lowest BCUT2D eigenvalue weighted by Gasteiger charge is -2.27. The maximum absolute atomic E-state index is 12.9. The van der Waals surface area contributed by atoms with Gasteiger partial charge in [0.05, 0.1) is 16.6 Å². The van der Waals surface area contributed by atoms with Crippen LogP contribution in [0.4, 0.5) is 0 Å². The molecule has 1 unspecified atom stereocenters. The first kappa shape index (κ1) is 21.3. The molecule has 1 aliphatic heterocycles. The third-order valence-corrected chi connectivity index (χ3v) is 7.21. The largest absolute Gasteiger partial charge is 0.317 e. The summed E-state index contributed by atoms with van der Waals surface area (Å²) in [5, 5.41) is 4.11. The lowest BCUT2D eigenvalue weighted by molar-refractivity contribution is 0.459. The molecule has 0 bridgehead atoms. The Labute approximate surface area is 186 Å². The number of nitrogens with zero attached hydrogens (tertiary/aromatic N) is 2. The molecule has 0 saturated carbocycles. The topological polar surface area (TPSA) is 46.9 Å². The van der Waals surface area contributed by atoms with Crippen LogP contribution in [0.25, 0.3) is 16.6 Å². The number of benzene rings is 2. The predicted octanol–water partition coefficient (Wildman–Crippen LogP) is 5.75. The van der Waals surface area contributed by atoms with Crippen molar-refractivity contribution in [1.29, 1.82) is 0 Å². The highest BCUT2D eigenvalue weighted by Crippen LogP contribution is 2.34. The first-order valence-electron chi connectivity index (χ1n) is 11.0. The van der Waals surface area contributed by atoms with E-state index in [0.717, 1.165) is 41.0 Å². The van der Waals surface area contributed by atoms with Crippen LogP contribution in [0, 0.1) is 13.8 Å². The van der Waals surface area contributed by atoms with Gasteiger partial charge in [-0.05, 0) is 103 Å². The fourth-order valence-corrected chi connectivity index (χ4v) is 5.17. The monoisotopic (exact) mass is 467 g/mol. The van der Waals surface area contributed by atoms with Crippen LogP contribution in [0.2, 0.25) is 0 Å². The lowest BCUT2D eigenvalue weighted by atomic mass is 9.86. The Hall–Kier alpha value is -1.98. The van der Waals surface area contributed by atoms with Crippen LogP contribution < -0.4 is 10.9 Å². The summed E-state index contributed by atoms with van der Waals surface area (Å²) in [5.74, 6) is 1.64. The van der Waals surface area contributed by atoms with Gasteiger partial charge in [-0.2, -0.15) is 4.98 Å². The van der Waals surface area contributed by atoms with Crippen molar-refractivity contribution in [2.75, 3.05) is 13.1 Å². The van der Waals surface area contributed by atoms with Gasteiger partial charge in [-0.15, -0.1) is 0 Å². The standard InChI is InChI=1S/C25H30BrN3O/c1-5-15(2)24-28-25(30)23-20(26)7-6-8-21(23)29(24)22-14-16(3)19(13-17(22)4)18-9-11-27-12-10-18/h6-8,13-15,18,27H,5,9-12H2,1-4H3. The quantitative estimate of drug-likeness (QED) is 0.531. The summed E-state index contributed by atoms with van der Waals surface area (Å²) in [5.41, 5.74) is 5.88. The van der Waals surface area contributed by atoms with E-state index in [1.54, 1.807) is 0 Å². The van der Waals surface area contributed by atoms with E-state index in [1.807, 2.05) is 18.2 Å². The molecule has 5 heteroatoms. The number of aryl methyl sites for hydroxylation is 2. The van der Waals surface area contributed by atoms with Crippen LogP contribution in [0.1, 0.15) is 67.5 Å². The van der Waals surface area contributed by atoms with Crippen molar-refractivity contribution in [3.8, 4) is 5.69 Å². The molecule has 1 aromatic heterocycles. The van der Waals surface area contributed by atoms with Gasteiger partial charge in [0.25, 0.3) is 5.56 Å². The van der Waals surface area contributed by atoms with Crippen molar-refractivity contribution in [2.24, 2.45) is 0 Å². The molecule has 0 radical (unpaired) electrons. The summed E-state index contributed by atoms with van der Waals surface area (Å²) in [6, 6.07) is 10.6. The van der Waals surface area contributed by atoms with Crippen LogP contribution in [0.15, 0.2) is 39.6 Å². The van der Waals surface area contributed by atoms with Gasteiger partial charge in [0.2, 0.25) is 0 Å². The number of fused-ring (bicyclic) bond motifs is 1. The minimum atomic E-state index is -0.162. The zero-order valence-electron chi connectivity index (χ0n) is 18.3. The lowest BCUT2D eigenvalue weighted by Crippen LogP contribution is -2.27. The van der Waals surface area contributed by atoms with E-state index >= 15 is 0 Å². The van der Waals surface area contributed by atoms with Gasteiger partial charge in [0.1, 0.15) is 5.82 Å². The smallest absolute Gasteiger partial charge is 0.281 e. The van der Waals surface area contributed by atoms with Gasteiger partial charge < -0.3 is 5.32 Å². The van der Waals surface area contributed by atoms with E-state index in [1.165, 1.54) is 29.5 Å². The Morgan fingerprint density at radius 2 is 1.93 bits per heavy atom. The van der Waals surface area contributed by atoms with Gasteiger partial charge in [-0.1, -0.05) is 26.0 Å². The molecule has 1 atom stereocenters. The highest BCUT2D eigenvalue weighted by molar-refractivity contribution is 9.10. The molecule has 0 spiro atoms. The number of hydrogen-bond donors (Lipinski definition) is 1. The Balaban J connectivity index is 1.99. The first-order chi connectivity index (χ1) is 14.4. The molecule has 4 nitrogen and oxygen atoms in total. The van der Waals surface area contributed by atoms with Gasteiger partial charge in [-0.25, -0.2) is 0 Å². The molecule has 4 rings (SSSR count). The Kier molecular flexibility index (Phi) is 6.12. The zero-order valence-corrected chi connectivity index (χ0v) is 19.8. The maximum Gasteiger partial charge on any atom is 0.281 e. The summed E-state index contributed by atoms with van der Waals surface area (Å²) >= 11 is 3.57. The van der Waals surface area contributed by atoms with Gasteiger partial charge in [-0.3, -0.25) is 9.36 Å². The van der Waals surface area contributed by atoms with Crippen molar-refractivity contribution < 1.29 is 0 Å². The van der Waals surface area contributed by atoms with E-state index in [4.69, 9.17) is 0 Å². The fourth-order valence-electron chi connectivity index (χ4n) is 4.65. The Morgan fingerprint density at radius 3 is 2.63 bits per heavy atom. The fraction of sp³-hybridized carbons (Fsp3) is 0.440. The number of rotatable bonds is 4. The summed E-state index contributed by atoms with van der Waals surface area (Å²) in [6.07, 6.45) is 3.30. The van der Waals surface area contributed by atoms with Crippen LogP contribution in [0.3, 0.4) is 0 Å². The molecular weight excluding hydrogens is 438 g/mol. The van der Waals surface area contributed by atoms with E-state index < -0.39 is 0 Å². The molecule has 3 aromatic rings. The minimum Gasteiger partial charge on any atom is -0.317 e. The molecule has 1 fully saturated rings. The van der Waals surface area contributed by atoms with E-state index in [2.05, 4.69) is 70.6 Å². The predicted molar refractivity (Wildman–Crippen MR) is 128 cm³/mol. The molecule has 158 valence electrons. The van der Waals surface area contributed by atoms with Crippen LogP contribution in [0.5, 0.6) is 0 Å². The molecule has 2 heterocycles. The van der Waals surface area contributed by atoms with Gasteiger partial charge in [0, 0.05) is 10.4 Å². The SMILES string of the molecule is CCC(C)c1nc(=O)c2c(Br)cccc2n1-c1cc(C)c(C2CCNCC2)cc1C. The highest BCUT2D eigenvalue weighted by atomic mass is 79.9. The Morgan fingerprint density at radius 1 is 1.20 bits per heavy atom. The van der Waals surface area contributed by atoms with E-state index in [-0.39, 0.29) is 11.5 Å². The van der Waals surface area contributed by atoms with Crippen molar-refractivity contribution in [3.05, 3.63) is 67.7 Å². The molecule has 1 saturated heterocycles. The zero-order chi connectivity index (χ0) is 21.4. The summed E-state index contributed by atoms with van der Waals surface area (Å²) in [7, 11) is 0. The second-order valence-corrected chi connectivity index (χ2v) is 9.43. The third-order valence-electron chi connectivity index (χ3n) is 6.55. The Bertz CT molecular complexity index is 1150. The molecule has 1 aliphatic rings. The molecule has 0 amide bonds. The first-order valence-corrected chi connectivity index (χ1v) is 11.7. The van der Waals surface area contributed by atoms with Crippen molar-refractivity contribution in [2.45, 2.75) is 58.8 Å². The molecule has 1 N–H and O–H groups in total. The molecule has 30 heavy (non-hydrogen) atoms. The second kappa shape index (κ2) is 8.64. The number of aromatic nitrogens is 2. The summed E-state index contributed by atoms with van der Waals surface area (Å²) in [4.78, 5) is 17.4. The molecule has 0 aliphatic carbocycles. The minimum absolute atomic E-state index is 0.162. The highest BCUT2D eigenvalue weighted by Gasteiger charge is 2.22. The number of hydrogen-bond acceptors (Lipinski definition) is 3. The normalized spacial score (nSPS) is 16.2. The van der Waals surface area contributed by atoms with E-state index in [0.29, 0.717) is 11.3 Å². The average Bonchev–Trinajstić information content (AvgIpc) is 2.75. The van der Waals surface area contributed by atoms with Crippen LogP contribution in [-0.4, -0.2) is 22.6 Å². The van der Waals surface area contributed by atoms with Gasteiger partial charge >= 0.3 is 0 Å². The van der Waals surface area contributed by atoms with Crippen molar-refractivity contribution in [3.63, 3.8) is 0 Å². The van der Waals surface area contributed by atoms with Crippen molar-refractivity contribution >= 4 is 26.8 Å². The number of piperidine rings is 1. The maximum atomic E-state index is 12.9. The van der Waals surface area contributed by atoms with E-state index in [9.17, 15) is 4.79 Å². The third kappa shape index (κ3) is 3.74. The number of nitrogens with one attached hydrogen (secondary N) is 1. The van der Waals surface area contributed by atoms with Gasteiger partial charge in [0.15, 0.2) is 0 Å². The van der Waals surface area contributed by atoms with Crippen LogP contribution >= 0.6 is 15.9 Å². The summed E-state index contributed by atoms with van der Waals surface area (Å²) < 4.78 is 3.01. The number of halogens is 1. The summed E-state index contributed by atoms with van der Waals surface area (Å²) in [6.45, 7) is 10.9. The van der Waals surface area contributed by atoms with Crippen molar-refractivity contribution in [1.82, 2.24) is 14.9 Å². The average molecular weight is 468 g/mol.